The fourth-order valence-corrected chi connectivity index (χ4v) is 1.63. The molecule has 1 aromatic rings. The molecule has 0 saturated heterocycles. The van der Waals surface area contributed by atoms with Gasteiger partial charge in [-0.1, -0.05) is 35.8 Å². The fourth-order valence-electron chi connectivity index (χ4n) is 1.52. The molecule has 106 valence electrons. The number of carbonyl (C=O) groups is 1. The summed E-state index contributed by atoms with van der Waals surface area (Å²) < 4.78 is 38.2. The van der Waals surface area contributed by atoms with Crippen molar-refractivity contribution in [3.05, 3.63) is 29.3 Å². The van der Waals surface area contributed by atoms with Gasteiger partial charge in [0.15, 0.2) is 0 Å². The Labute approximate surface area is 118 Å². The first-order valence-electron chi connectivity index (χ1n) is 5.75. The topological polar surface area (TPSA) is 29.1 Å². The highest BCUT2D eigenvalue weighted by Gasteiger charge is 2.32. The van der Waals surface area contributed by atoms with Crippen LogP contribution in [0.1, 0.15) is 25.0 Å². The minimum Gasteiger partial charge on any atom is -0.325 e. The van der Waals surface area contributed by atoms with E-state index in [2.05, 4.69) is 21.2 Å². The molecule has 0 spiro atoms. The zero-order chi connectivity index (χ0) is 14.8. The number of rotatable bonds is 3. The molecule has 0 aromatic heterocycles. The average molecular weight is 338 g/mol. The molecule has 0 radical (unpaired) electrons. The molecule has 0 bridgehead atoms. The predicted octanol–water partition coefficient (Wildman–Crippen LogP) is 4.37. The van der Waals surface area contributed by atoms with Gasteiger partial charge in [0, 0.05) is 5.69 Å². The van der Waals surface area contributed by atoms with Crippen LogP contribution in [-0.4, -0.2) is 10.7 Å². The number of alkyl halides is 4. The van der Waals surface area contributed by atoms with Gasteiger partial charge in [0.25, 0.3) is 0 Å². The van der Waals surface area contributed by atoms with Crippen molar-refractivity contribution < 1.29 is 18.0 Å². The second-order valence-corrected chi connectivity index (χ2v) is 5.65. The lowest BCUT2D eigenvalue weighted by atomic mass is 10.1. The molecule has 0 fully saturated rings. The third-order valence-corrected chi connectivity index (χ3v) is 4.12. The van der Waals surface area contributed by atoms with Crippen LogP contribution < -0.4 is 5.32 Å². The molecule has 0 aliphatic rings. The zero-order valence-electron chi connectivity index (χ0n) is 10.8. The van der Waals surface area contributed by atoms with E-state index < -0.39 is 16.6 Å². The quantitative estimate of drug-likeness (QED) is 0.815. The summed E-state index contributed by atoms with van der Waals surface area (Å²) in [5.41, 5.74) is -0.459. The number of carbonyl (C=O) groups excluding carboxylic acids is 1. The zero-order valence-corrected chi connectivity index (χ0v) is 12.4. The first kappa shape index (κ1) is 16.0. The summed E-state index contributed by atoms with van der Waals surface area (Å²) >= 11 is 3.20. The summed E-state index contributed by atoms with van der Waals surface area (Å²) in [4.78, 5) is 11.3. The lowest BCUT2D eigenvalue weighted by Gasteiger charge is -2.16. The molecule has 1 rings (SSSR count). The van der Waals surface area contributed by atoms with Crippen LogP contribution >= 0.6 is 15.9 Å². The lowest BCUT2D eigenvalue weighted by molar-refractivity contribution is -0.138. The van der Waals surface area contributed by atoms with E-state index >= 15 is 0 Å². The summed E-state index contributed by atoms with van der Waals surface area (Å²) in [6.07, 6.45) is -4.42. The van der Waals surface area contributed by atoms with Gasteiger partial charge in [0.1, 0.15) is 0 Å². The van der Waals surface area contributed by atoms with Crippen LogP contribution in [0.15, 0.2) is 18.2 Å². The van der Waals surface area contributed by atoms with Gasteiger partial charge in [0.05, 0.1) is 10.4 Å². The summed E-state index contributed by atoms with van der Waals surface area (Å²) in [5.74, 6) is -0.306. The van der Waals surface area contributed by atoms with Gasteiger partial charge in [-0.2, -0.15) is 13.2 Å². The molecule has 0 heterocycles. The Bertz CT molecular complexity index is 471. The van der Waals surface area contributed by atoms with Gasteiger partial charge in [-0.25, -0.2) is 0 Å². The monoisotopic (exact) mass is 337 g/mol. The number of amides is 1. The maximum absolute atomic E-state index is 12.7. The van der Waals surface area contributed by atoms with E-state index in [1.807, 2.05) is 13.8 Å². The number of halogens is 4. The van der Waals surface area contributed by atoms with Crippen LogP contribution in [0.2, 0.25) is 0 Å². The van der Waals surface area contributed by atoms with Gasteiger partial charge in [-0.05, 0) is 30.5 Å². The Morgan fingerprint density at radius 3 is 2.37 bits per heavy atom. The first-order valence-corrected chi connectivity index (χ1v) is 6.67. The van der Waals surface area contributed by atoms with Gasteiger partial charge in [0.2, 0.25) is 5.91 Å². The van der Waals surface area contributed by atoms with Crippen molar-refractivity contribution >= 4 is 27.5 Å². The van der Waals surface area contributed by atoms with Crippen molar-refractivity contribution in [2.45, 2.75) is 31.8 Å². The molecule has 1 unspecified atom stereocenters. The van der Waals surface area contributed by atoms with Crippen LogP contribution in [0.4, 0.5) is 18.9 Å². The molecule has 1 aromatic carbocycles. The van der Waals surface area contributed by atoms with E-state index in [1.54, 1.807) is 0 Å². The van der Waals surface area contributed by atoms with Gasteiger partial charge >= 0.3 is 6.18 Å². The van der Waals surface area contributed by atoms with Crippen molar-refractivity contribution in [3.63, 3.8) is 0 Å². The minimum absolute atomic E-state index is 0.0486. The smallest absolute Gasteiger partial charge is 0.325 e. The number of nitrogens with one attached hydrogen (secondary N) is 1. The van der Waals surface area contributed by atoms with E-state index in [9.17, 15) is 18.0 Å². The van der Waals surface area contributed by atoms with Crippen LogP contribution in [0, 0.1) is 12.8 Å². The third-order valence-electron chi connectivity index (χ3n) is 2.65. The van der Waals surface area contributed by atoms with Gasteiger partial charge in [-0.3, -0.25) is 4.79 Å². The van der Waals surface area contributed by atoms with E-state index in [1.165, 1.54) is 19.1 Å². The first-order chi connectivity index (χ1) is 8.62. The van der Waals surface area contributed by atoms with Crippen molar-refractivity contribution in [2.24, 2.45) is 5.92 Å². The van der Waals surface area contributed by atoms with Crippen LogP contribution in [0.5, 0.6) is 0 Å². The molecule has 19 heavy (non-hydrogen) atoms. The minimum atomic E-state index is -4.42. The van der Waals surface area contributed by atoms with Crippen LogP contribution in [-0.2, 0) is 11.0 Å². The van der Waals surface area contributed by atoms with Crippen molar-refractivity contribution in [3.8, 4) is 0 Å². The highest BCUT2D eigenvalue weighted by atomic mass is 79.9. The normalized spacial score (nSPS) is 13.5. The molecule has 6 heteroatoms. The fraction of sp³-hybridized carbons (Fsp3) is 0.462. The SMILES string of the molecule is Cc1ccc(NC(=O)C(Br)C(C)C)cc1C(F)(F)F. The maximum atomic E-state index is 12.7. The van der Waals surface area contributed by atoms with E-state index in [0.29, 0.717) is 0 Å². The van der Waals surface area contributed by atoms with Gasteiger partial charge in [-0.15, -0.1) is 0 Å². The number of benzene rings is 1. The number of hydrogen-bond acceptors (Lipinski definition) is 1. The number of anilines is 1. The Hall–Kier alpha value is -1.04. The standard InChI is InChI=1S/C13H15BrF3NO/c1-7(2)11(14)12(19)18-9-5-4-8(3)10(6-9)13(15,16)17/h4-7,11H,1-3H3,(H,18,19). The average Bonchev–Trinajstić information content (AvgIpc) is 2.28. The predicted molar refractivity (Wildman–Crippen MR) is 72.4 cm³/mol. The van der Waals surface area contributed by atoms with Crippen molar-refractivity contribution in [1.82, 2.24) is 0 Å². The largest absolute Gasteiger partial charge is 0.416 e. The van der Waals surface area contributed by atoms with Crippen molar-refractivity contribution in [1.29, 1.82) is 0 Å². The molecule has 0 aliphatic carbocycles. The second kappa shape index (κ2) is 5.94. The highest BCUT2D eigenvalue weighted by Crippen LogP contribution is 2.33. The highest BCUT2D eigenvalue weighted by molar-refractivity contribution is 9.10. The third kappa shape index (κ3) is 4.23. The summed E-state index contributed by atoms with van der Waals surface area (Å²) in [6.45, 7) is 5.07. The van der Waals surface area contributed by atoms with Crippen molar-refractivity contribution in [2.75, 3.05) is 5.32 Å². The van der Waals surface area contributed by atoms with Crippen LogP contribution in [0.3, 0.4) is 0 Å². The summed E-state index contributed by atoms with van der Waals surface area (Å²) in [5, 5.41) is 2.48. The molecule has 0 aliphatic heterocycles. The molecule has 0 saturated carbocycles. The maximum Gasteiger partial charge on any atom is 0.416 e. The molecule has 1 N–H and O–H groups in total. The van der Waals surface area contributed by atoms with Gasteiger partial charge < -0.3 is 5.32 Å². The lowest BCUT2D eigenvalue weighted by Crippen LogP contribution is -2.27. The molecule has 2 nitrogen and oxygen atoms in total. The van der Waals surface area contributed by atoms with E-state index in [0.717, 1.165) is 6.07 Å². The molecule has 1 amide bonds. The molecule has 1 atom stereocenters. The van der Waals surface area contributed by atoms with E-state index in [-0.39, 0.29) is 23.1 Å². The Morgan fingerprint density at radius 1 is 1.32 bits per heavy atom. The Balaban J connectivity index is 2.95. The molecular formula is C13H15BrF3NO. The number of hydrogen-bond donors (Lipinski definition) is 1. The Kier molecular flexibility index (Phi) is 5.01. The number of aryl methyl sites for hydroxylation is 1. The second-order valence-electron chi connectivity index (χ2n) is 4.66. The van der Waals surface area contributed by atoms with E-state index in [4.69, 9.17) is 0 Å². The summed E-state index contributed by atoms with van der Waals surface area (Å²) in [7, 11) is 0. The van der Waals surface area contributed by atoms with Crippen LogP contribution in [0.25, 0.3) is 0 Å². The Morgan fingerprint density at radius 2 is 1.89 bits per heavy atom. The summed E-state index contributed by atoms with van der Waals surface area (Å²) in [6, 6.07) is 3.76. The molecular weight excluding hydrogens is 323 g/mol.